The fraction of sp³-hybridized carbons (Fsp3) is 0.125. The molecule has 2 amide bonds. The van der Waals surface area contributed by atoms with Crippen LogP contribution in [-0.2, 0) is 10.0 Å². The first-order chi connectivity index (χ1) is 7.83. The van der Waals surface area contributed by atoms with Crippen molar-refractivity contribution in [3.8, 4) is 0 Å². The molecular formula is C8H7N3O5S. The summed E-state index contributed by atoms with van der Waals surface area (Å²) in [4.78, 5) is 21.9. The number of anilines is 1. The molecule has 1 heterocycles. The Bertz CT molecular complexity index is 624. The number of amides is 2. The molecule has 8 nitrogen and oxygen atoms in total. The first kappa shape index (κ1) is 11.3. The Kier molecular flexibility index (Phi) is 2.28. The zero-order valence-electron chi connectivity index (χ0n) is 8.58. The van der Waals surface area contributed by atoms with Gasteiger partial charge in [0.1, 0.15) is 4.90 Å². The highest BCUT2D eigenvalue weighted by atomic mass is 32.2. The summed E-state index contributed by atoms with van der Waals surface area (Å²) in [6.45, 7) is 0. The van der Waals surface area contributed by atoms with Crippen LogP contribution in [0.15, 0.2) is 23.1 Å². The van der Waals surface area contributed by atoms with Gasteiger partial charge in [-0.1, -0.05) is 0 Å². The smallest absolute Gasteiger partial charge is 0.295 e. The first-order valence-corrected chi connectivity index (χ1v) is 5.90. The Labute approximate surface area is 96.0 Å². The average molecular weight is 257 g/mol. The van der Waals surface area contributed by atoms with Crippen molar-refractivity contribution >= 4 is 27.4 Å². The second kappa shape index (κ2) is 3.42. The number of nitro groups is 1. The normalized spacial score (nSPS) is 17.2. The van der Waals surface area contributed by atoms with Gasteiger partial charge in [-0.25, -0.2) is 17.9 Å². The average Bonchev–Trinajstić information content (AvgIpc) is 2.25. The van der Waals surface area contributed by atoms with Crippen molar-refractivity contribution in [2.45, 2.75) is 4.90 Å². The number of nitro benzene ring substituents is 1. The summed E-state index contributed by atoms with van der Waals surface area (Å²) >= 11 is 0. The van der Waals surface area contributed by atoms with E-state index in [4.69, 9.17) is 0 Å². The number of sulfonamides is 1. The summed E-state index contributed by atoms with van der Waals surface area (Å²) in [7, 11) is -2.66. The van der Waals surface area contributed by atoms with E-state index in [1.807, 2.05) is 0 Å². The van der Waals surface area contributed by atoms with E-state index in [0.29, 0.717) is 0 Å². The molecule has 1 aromatic carbocycles. The van der Waals surface area contributed by atoms with Gasteiger partial charge in [-0.2, -0.15) is 0 Å². The van der Waals surface area contributed by atoms with Crippen LogP contribution in [0.25, 0.3) is 0 Å². The van der Waals surface area contributed by atoms with Crippen molar-refractivity contribution in [2.24, 2.45) is 0 Å². The second-order valence-electron chi connectivity index (χ2n) is 3.38. The predicted octanol–water partition coefficient (Wildman–Crippen LogP) is 0.443. The van der Waals surface area contributed by atoms with Gasteiger partial charge in [0, 0.05) is 19.2 Å². The number of carbonyl (C=O) groups is 1. The topological polar surface area (TPSA) is 110 Å². The number of hydrogen-bond donors (Lipinski definition) is 1. The summed E-state index contributed by atoms with van der Waals surface area (Å²) < 4.78 is 25.0. The Morgan fingerprint density at radius 3 is 2.65 bits per heavy atom. The Morgan fingerprint density at radius 2 is 2.06 bits per heavy atom. The van der Waals surface area contributed by atoms with Gasteiger partial charge in [-0.15, -0.1) is 0 Å². The van der Waals surface area contributed by atoms with Gasteiger partial charge in [-0.3, -0.25) is 15.0 Å². The van der Waals surface area contributed by atoms with Crippen molar-refractivity contribution in [2.75, 3.05) is 11.9 Å². The van der Waals surface area contributed by atoms with Crippen LogP contribution in [0.3, 0.4) is 0 Å². The van der Waals surface area contributed by atoms with E-state index in [1.54, 1.807) is 4.72 Å². The molecule has 9 heteroatoms. The van der Waals surface area contributed by atoms with E-state index in [1.165, 1.54) is 13.1 Å². The largest absolute Gasteiger partial charge is 0.335 e. The molecule has 0 spiro atoms. The maximum absolute atomic E-state index is 11.6. The van der Waals surface area contributed by atoms with Gasteiger partial charge >= 0.3 is 6.03 Å². The van der Waals surface area contributed by atoms with Gasteiger partial charge in [0.25, 0.3) is 15.7 Å². The fourth-order valence-corrected chi connectivity index (χ4v) is 2.69. The molecule has 0 unspecified atom stereocenters. The highest BCUT2D eigenvalue weighted by molar-refractivity contribution is 7.90. The maximum atomic E-state index is 11.6. The lowest BCUT2D eigenvalue weighted by Gasteiger charge is -2.25. The SMILES string of the molecule is CN1C(=O)NS(=O)(=O)c2cc([N+](=O)[O-])ccc21. The van der Waals surface area contributed by atoms with Gasteiger partial charge < -0.3 is 0 Å². The van der Waals surface area contributed by atoms with Crippen LogP contribution in [0.2, 0.25) is 0 Å². The molecule has 0 atom stereocenters. The summed E-state index contributed by atoms with van der Waals surface area (Å²) in [5, 5.41) is 10.6. The number of urea groups is 1. The monoisotopic (exact) mass is 257 g/mol. The molecule has 0 fully saturated rings. The number of fused-ring (bicyclic) bond motifs is 1. The summed E-state index contributed by atoms with van der Waals surface area (Å²) in [6, 6.07) is 2.49. The molecule has 1 aliphatic rings. The first-order valence-electron chi connectivity index (χ1n) is 4.42. The third kappa shape index (κ3) is 1.69. The Hall–Kier alpha value is -2.16. The Morgan fingerprint density at radius 1 is 1.41 bits per heavy atom. The lowest BCUT2D eigenvalue weighted by molar-refractivity contribution is -0.385. The highest BCUT2D eigenvalue weighted by Gasteiger charge is 2.33. The van der Waals surface area contributed by atoms with E-state index in [0.717, 1.165) is 17.0 Å². The standard InChI is InChI=1S/C8H7N3O5S/c1-10-6-3-2-5(11(13)14)4-7(6)17(15,16)9-8(10)12/h2-4H,1H3,(H,9,12). The molecule has 0 radical (unpaired) electrons. The van der Waals surface area contributed by atoms with Gasteiger partial charge in [0.05, 0.1) is 10.6 Å². The van der Waals surface area contributed by atoms with Crippen LogP contribution in [0, 0.1) is 10.1 Å². The number of rotatable bonds is 1. The van der Waals surface area contributed by atoms with Crippen LogP contribution in [0.4, 0.5) is 16.2 Å². The zero-order chi connectivity index (χ0) is 12.8. The molecule has 1 aromatic rings. The van der Waals surface area contributed by atoms with Crippen molar-refractivity contribution in [1.82, 2.24) is 4.72 Å². The number of benzene rings is 1. The maximum Gasteiger partial charge on any atom is 0.335 e. The lowest BCUT2D eigenvalue weighted by atomic mass is 10.2. The third-order valence-electron chi connectivity index (χ3n) is 2.33. The Balaban J connectivity index is 2.72. The number of carbonyl (C=O) groups excluding carboxylic acids is 1. The molecule has 0 bridgehead atoms. The van der Waals surface area contributed by atoms with Crippen LogP contribution in [0.1, 0.15) is 0 Å². The van der Waals surface area contributed by atoms with Crippen LogP contribution in [-0.4, -0.2) is 26.4 Å². The number of nitrogens with zero attached hydrogens (tertiary/aromatic N) is 2. The van der Waals surface area contributed by atoms with Gasteiger partial charge in [0.2, 0.25) is 0 Å². The van der Waals surface area contributed by atoms with Crippen LogP contribution in [0.5, 0.6) is 0 Å². The summed E-state index contributed by atoms with van der Waals surface area (Å²) in [5.41, 5.74) is -0.240. The van der Waals surface area contributed by atoms with E-state index in [-0.39, 0.29) is 16.3 Å². The molecule has 1 aliphatic heterocycles. The molecule has 17 heavy (non-hydrogen) atoms. The van der Waals surface area contributed by atoms with Gasteiger partial charge in [0.15, 0.2) is 0 Å². The molecular weight excluding hydrogens is 250 g/mol. The van der Waals surface area contributed by atoms with Crippen molar-refractivity contribution in [3.63, 3.8) is 0 Å². The second-order valence-corrected chi connectivity index (χ2v) is 5.03. The molecule has 2 rings (SSSR count). The third-order valence-corrected chi connectivity index (χ3v) is 3.68. The molecule has 0 saturated heterocycles. The highest BCUT2D eigenvalue weighted by Crippen LogP contribution is 2.31. The summed E-state index contributed by atoms with van der Waals surface area (Å²) in [5.74, 6) is 0. The zero-order valence-corrected chi connectivity index (χ0v) is 9.39. The predicted molar refractivity (Wildman–Crippen MR) is 57.2 cm³/mol. The van der Waals surface area contributed by atoms with E-state index in [9.17, 15) is 23.3 Å². The van der Waals surface area contributed by atoms with E-state index < -0.39 is 21.0 Å². The van der Waals surface area contributed by atoms with Crippen LogP contribution >= 0.6 is 0 Å². The minimum atomic E-state index is -4.03. The molecule has 90 valence electrons. The number of non-ortho nitro benzene ring substituents is 1. The fourth-order valence-electron chi connectivity index (χ4n) is 1.46. The minimum Gasteiger partial charge on any atom is -0.295 e. The van der Waals surface area contributed by atoms with E-state index in [2.05, 4.69) is 0 Å². The minimum absolute atomic E-state index is 0.111. The number of hydrogen-bond acceptors (Lipinski definition) is 5. The molecule has 0 aromatic heterocycles. The summed E-state index contributed by atoms with van der Waals surface area (Å²) in [6.07, 6.45) is 0. The van der Waals surface area contributed by atoms with Crippen molar-refractivity contribution in [1.29, 1.82) is 0 Å². The quantitative estimate of drug-likeness (QED) is 0.580. The molecule has 0 saturated carbocycles. The van der Waals surface area contributed by atoms with Gasteiger partial charge in [-0.05, 0) is 6.07 Å². The van der Waals surface area contributed by atoms with E-state index >= 15 is 0 Å². The number of nitrogens with one attached hydrogen (secondary N) is 1. The lowest BCUT2D eigenvalue weighted by Crippen LogP contribution is -2.45. The molecule has 1 N–H and O–H groups in total. The van der Waals surface area contributed by atoms with Crippen molar-refractivity contribution < 1.29 is 18.1 Å². The van der Waals surface area contributed by atoms with Crippen LogP contribution < -0.4 is 9.62 Å². The molecule has 0 aliphatic carbocycles. The van der Waals surface area contributed by atoms with Crippen molar-refractivity contribution in [3.05, 3.63) is 28.3 Å².